The molecule has 0 aliphatic heterocycles. The molecule has 0 bridgehead atoms. The van der Waals surface area contributed by atoms with Gasteiger partial charge in [-0.3, -0.25) is 4.79 Å². The third kappa shape index (κ3) is 4.63. The van der Waals surface area contributed by atoms with Crippen LogP contribution in [-0.2, 0) is 4.79 Å². The van der Waals surface area contributed by atoms with Gasteiger partial charge in [-0.05, 0) is 30.3 Å². The highest BCUT2D eigenvalue weighted by Gasteiger charge is 2.14. The van der Waals surface area contributed by atoms with Crippen LogP contribution in [0.5, 0.6) is 28.7 Å². The first-order valence-electron chi connectivity index (χ1n) is 8.08. The van der Waals surface area contributed by atoms with E-state index in [9.17, 15) is 4.79 Å². The van der Waals surface area contributed by atoms with E-state index >= 15 is 0 Å². The molecule has 2 rings (SSSR count). The topological polar surface area (TPSA) is 75.3 Å². The van der Waals surface area contributed by atoms with Crippen LogP contribution in [-0.4, -0.2) is 41.5 Å². The zero-order valence-electron chi connectivity index (χ0n) is 16.0. The quantitative estimate of drug-likeness (QED) is 0.715. The van der Waals surface area contributed by atoms with E-state index in [1.165, 1.54) is 27.4 Å². The third-order valence-corrected chi connectivity index (χ3v) is 3.81. The fraction of sp³-hybridized carbons (Fsp3) is 0.250. The molecule has 0 radical (unpaired) electrons. The van der Waals surface area contributed by atoms with Crippen LogP contribution >= 0.6 is 0 Å². The Morgan fingerprint density at radius 1 is 0.815 bits per heavy atom. The van der Waals surface area contributed by atoms with Crippen LogP contribution in [0.4, 0.5) is 5.69 Å². The largest absolute Gasteiger partial charge is 0.497 e. The first kappa shape index (κ1) is 20.0. The third-order valence-electron chi connectivity index (χ3n) is 3.81. The van der Waals surface area contributed by atoms with Crippen molar-refractivity contribution in [2.45, 2.75) is 0 Å². The van der Waals surface area contributed by atoms with E-state index in [0.717, 1.165) is 0 Å². The van der Waals surface area contributed by atoms with Crippen LogP contribution in [0.15, 0.2) is 36.4 Å². The Hall–Kier alpha value is -3.35. The highest BCUT2D eigenvalue weighted by molar-refractivity contribution is 6.03. The van der Waals surface area contributed by atoms with Crippen LogP contribution < -0.4 is 29.0 Å². The number of benzene rings is 2. The van der Waals surface area contributed by atoms with Crippen molar-refractivity contribution >= 4 is 17.7 Å². The average molecular weight is 373 g/mol. The van der Waals surface area contributed by atoms with E-state index in [1.807, 2.05) is 0 Å². The fourth-order valence-electron chi connectivity index (χ4n) is 2.51. The second-order valence-electron chi connectivity index (χ2n) is 5.31. The Morgan fingerprint density at radius 3 is 2.07 bits per heavy atom. The van der Waals surface area contributed by atoms with Gasteiger partial charge in [0, 0.05) is 17.7 Å². The lowest BCUT2D eigenvalue weighted by Crippen LogP contribution is -2.09. The summed E-state index contributed by atoms with van der Waals surface area (Å²) in [5, 5.41) is 2.77. The Bertz CT molecular complexity index is 831. The van der Waals surface area contributed by atoms with E-state index in [4.69, 9.17) is 23.7 Å². The van der Waals surface area contributed by atoms with E-state index in [-0.39, 0.29) is 5.91 Å². The van der Waals surface area contributed by atoms with Crippen molar-refractivity contribution in [3.63, 3.8) is 0 Å². The van der Waals surface area contributed by atoms with Crippen LogP contribution in [0.3, 0.4) is 0 Å². The van der Waals surface area contributed by atoms with Gasteiger partial charge in [-0.2, -0.15) is 0 Å². The van der Waals surface area contributed by atoms with Crippen molar-refractivity contribution < 1.29 is 28.5 Å². The summed E-state index contributed by atoms with van der Waals surface area (Å²) in [6.07, 6.45) is 3.02. The maximum atomic E-state index is 12.3. The minimum Gasteiger partial charge on any atom is -0.497 e. The molecule has 0 unspecified atom stereocenters. The van der Waals surface area contributed by atoms with Gasteiger partial charge in [0.05, 0.1) is 41.2 Å². The van der Waals surface area contributed by atoms with Crippen molar-refractivity contribution in [2.75, 3.05) is 40.9 Å². The molecule has 0 heterocycles. The van der Waals surface area contributed by atoms with Crippen molar-refractivity contribution in [3.8, 4) is 28.7 Å². The molecule has 0 aliphatic rings. The maximum Gasteiger partial charge on any atom is 0.248 e. The lowest BCUT2D eigenvalue weighted by Gasteiger charge is -2.14. The molecular formula is C20H23NO6. The Balaban J connectivity index is 2.25. The minimum atomic E-state index is -0.335. The molecule has 7 heteroatoms. The number of ether oxygens (including phenoxy) is 5. The molecule has 0 spiro atoms. The van der Waals surface area contributed by atoms with Crippen molar-refractivity contribution in [1.82, 2.24) is 0 Å². The zero-order chi connectivity index (χ0) is 19.8. The van der Waals surface area contributed by atoms with Gasteiger partial charge in [-0.1, -0.05) is 0 Å². The van der Waals surface area contributed by atoms with Gasteiger partial charge in [0.2, 0.25) is 11.7 Å². The van der Waals surface area contributed by atoms with Crippen LogP contribution in [0, 0.1) is 0 Å². The Labute approximate surface area is 158 Å². The van der Waals surface area contributed by atoms with Crippen LogP contribution in [0.1, 0.15) is 5.56 Å². The molecule has 1 amide bonds. The number of nitrogens with one attached hydrogen (secondary N) is 1. The predicted molar refractivity (Wildman–Crippen MR) is 103 cm³/mol. The normalized spacial score (nSPS) is 10.4. The first-order chi connectivity index (χ1) is 13.1. The Morgan fingerprint density at radius 2 is 1.48 bits per heavy atom. The van der Waals surface area contributed by atoms with Gasteiger partial charge >= 0.3 is 0 Å². The second-order valence-corrected chi connectivity index (χ2v) is 5.31. The lowest BCUT2D eigenvalue weighted by atomic mass is 10.1. The summed E-state index contributed by atoms with van der Waals surface area (Å²) in [5.74, 6) is 2.27. The molecule has 0 atom stereocenters. The van der Waals surface area contributed by atoms with Gasteiger partial charge < -0.3 is 29.0 Å². The number of rotatable bonds is 8. The second kappa shape index (κ2) is 9.38. The summed E-state index contributed by atoms with van der Waals surface area (Å²) in [6.45, 7) is 0. The summed E-state index contributed by atoms with van der Waals surface area (Å²) in [6, 6.07) is 8.66. The number of hydrogen-bond donors (Lipinski definition) is 1. The molecule has 27 heavy (non-hydrogen) atoms. The number of carbonyl (C=O) groups is 1. The van der Waals surface area contributed by atoms with Crippen molar-refractivity contribution in [1.29, 1.82) is 0 Å². The van der Waals surface area contributed by atoms with E-state index in [1.54, 1.807) is 50.6 Å². The van der Waals surface area contributed by atoms with E-state index in [0.29, 0.717) is 40.0 Å². The van der Waals surface area contributed by atoms with Gasteiger partial charge in [-0.15, -0.1) is 0 Å². The molecule has 0 saturated carbocycles. The molecule has 0 aromatic heterocycles. The summed E-state index contributed by atoms with van der Waals surface area (Å²) in [5.41, 5.74) is 1.17. The molecule has 1 N–H and O–H groups in total. The number of carbonyl (C=O) groups excluding carboxylic acids is 1. The molecule has 2 aromatic rings. The highest BCUT2D eigenvalue weighted by atomic mass is 16.5. The minimum absolute atomic E-state index is 0.335. The molecular weight excluding hydrogens is 350 g/mol. The first-order valence-corrected chi connectivity index (χ1v) is 8.08. The smallest absolute Gasteiger partial charge is 0.248 e. The van der Waals surface area contributed by atoms with Gasteiger partial charge in [0.1, 0.15) is 11.5 Å². The number of anilines is 1. The number of hydrogen-bond acceptors (Lipinski definition) is 6. The number of methoxy groups -OCH3 is 5. The standard InChI is InChI=1S/C20H23NO6/c1-23-14-8-10-16(24-2)15(12-14)21-18(22)11-7-13-6-9-17(25-3)20(27-5)19(13)26-4/h6-12H,1-5H3,(H,21,22). The predicted octanol–water partition coefficient (Wildman–Crippen LogP) is 3.38. The van der Waals surface area contributed by atoms with Gasteiger partial charge in [-0.25, -0.2) is 0 Å². The number of amides is 1. The SMILES string of the molecule is COc1ccc(OC)c(NC(=O)C=Cc2ccc(OC)c(OC)c2OC)c1. The summed E-state index contributed by atoms with van der Waals surface area (Å²) < 4.78 is 26.4. The summed E-state index contributed by atoms with van der Waals surface area (Å²) in [4.78, 5) is 12.3. The summed E-state index contributed by atoms with van der Waals surface area (Å²) in [7, 11) is 7.67. The van der Waals surface area contributed by atoms with Gasteiger partial charge in [0.15, 0.2) is 11.5 Å². The molecule has 7 nitrogen and oxygen atoms in total. The maximum absolute atomic E-state index is 12.3. The van der Waals surface area contributed by atoms with E-state index in [2.05, 4.69) is 5.32 Å². The Kier molecular flexibility index (Phi) is 6.93. The van der Waals surface area contributed by atoms with E-state index < -0.39 is 0 Å². The molecule has 0 fully saturated rings. The summed E-state index contributed by atoms with van der Waals surface area (Å²) >= 11 is 0. The molecule has 0 aliphatic carbocycles. The lowest BCUT2D eigenvalue weighted by molar-refractivity contribution is -0.111. The molecule has 0 saturated heterocycles. The molecule has 144 valence electrons. The fourth-order valence-corrected chi connectivity index (χ4v) is 2.51. The van der Waals surface area contributed by atoms with Crippen LogP contribution in [0.25, 0.3) is 6.08 Å². The highest BCUT2D eigenvalue weighted by Crippen LogP contribution is 2.40. The van der Waals surface area contributed by atoms with Crippen molar-refractivity contribution in [3.05, 3.63) is 42.0 Å². The van der Waals surface area contributed by atoms with Gasteiger partial charge in [0.25, 0.3) is 0 Å². The molecule has 2 aromatic carbocycles. The van der Waals surface area contributed by atoms with Crippen molar-refractivity contribution in [2.24, 2.45) is 0 Å². The average Bonchev–Trinajstić information content (AvgIpc) is 2.71. The zero-order valence-corrected chi connectivity index (χ0v) is 16.0. The monoisotopic (exact) mass is 373 g/mol. The van der Waals surface area contributed by atoms with Crippen LogP contribution in [0.2, 0.25) is 0 Å².